The van der Waals surface area contributed by atoms with Gasteiger partial charge in [0.25, 0.3) is 0 Å². The summed E-state index contributed by atoms with van der Waals surface area (Å²) in [5.74, 6) is 0. The zero-order valence-corrected chi connectivity index (χ0v) is 41.5. The maximum atomic E-state index is 7.05. The highest BCUT2D eigenvalue weighted by Gasteiger charge is 2.38. The zero-order chi connectivity index (χ0) is 46.9. The number of benzene rings is 8. The van der Waals surface area contributed by atoms with Gasteiger partial charge in [0.2, 0.25) is 0 Å². The molecular weight excluding hydrogens is 845 g/mol. The Balaban J connectivity index is 1.17. The molecule has 1 N–H and O–H groups in total. The Bertz CT molecular complexity index is 3810. The van der Waals surface area contributed by atoms with Crippen LogP contribution in [-0.2, 0) is 16.2 Å². The lowest BCUT2D eigenvalue weighted by Crippen LogP contribution is -2.33. The highest BCUT2D eigenvalue weighted by molar-refractivity contribution is 7.17. The molecule has 0 fully saturated rings. The number of aromatic amines is 1. The third kappa shape index (κ3) is 6.82. The summed E-state index contributed by atoms with van der Waals surface area (Å²) in [5.41, 5.74) is 21.4. The van der Waals surface area contributed by atoms with Gasteiger partial charge in [0.05, 0.1) is 11.2 Å². The first-order valence-electron chi connectivity index (χ1n) is 24.3. The lowest BCUT2D eigenvalue weighted by Gasteiger charge is -2.42. The summed E-state index contributed by atoms with van der Waals surface area (Å²) < 4.78 is 8.37. The summed E-state index contributed by atoms with van der Waals surface area (Å²) in [4.78, 5) is 6.49. The van der Waals surface area contributed by atoms with E-state index >= 15 is 0 Å². The summed E-state index contributed by atoms with van der Waals surface area (Å²) in [5, 5.41) is 8.28. The zero-order valence-electron chi connectivity index (χ0n) is 40.7. The third-order valence-corrected chi connectivity index (χ3v) is 16.3. The fourth-order valence-electron chi connectivity index (χ4n) is 11.3. The van der Waals surface area contributed by atoms with Crippen LogP contribution in [0.4, 0.5) is 17.1 Å². The van der Waals surface area contributed by atoms with E-state index in [4.69, 9.17) is 4.42 Å². The average molecular weight is 903 g/mol. The highest BCUT2D eigenvalue weighted by atomic mass is 32.1. The van der Waals surface area contributed by atoms with Crippen LogP contribution in [0.1, 0.15) is 89.1 Å². The molecule has 3 aromatic heterocycles. The molecule has 0 unspecified atom stereocenters. The molecule has 11 aromatic rings. The molecule has 0 bridgehead atoms. The van der Waals surface area contributed by atoms with E-state index in [0.717, 1.165) is 55.5 Å². The lowest BCUT2D eigenvalue weighted by atomic mass is 9.63. The van der Waals surface area contributed by atoms with Crippen LogP contribution in [0, 0.1) is 13.8 Å². The summed E-state index contributed by atoms with van der Waals surface area (Å²) in [7, 11) is 0. The number of aryl methyl sites for hydroxylation is 2. The number of anilines is 3. The van der Waals surface area contributed by atoms with Crippen molar-refractivity contribution in [1.29, 1.82) is 0 Å². The minimum Gasteiger partial charge on any atom is -0.455 e. The van der Waals surface area contributed by atoms with E-state index < -0.39 is 0 Å². The van der Waals surface area contributed by atoms with Crippen molar-refractivity contribution in [2.75, 3.05) is 4.90 Å². The van der Waals surface area contributed by atoms with Gasteiger partial charge in [-0.2, -0.15) is 0 Å². The number of aromatic nitrogens is 1. The van der Waals surface area contributed by atoms with E-state index in [1.165, 1.54) is 89.5 Å². The van der Waals surface area contributed by atoms with E-state index in [-0.39, 0.29) is 16.2 Å². The van der Waals surface area contributed by atoms with Crippen molar-refractivity contribution in [3.05, 3.63) is 185 Å². The molecule has 0 radical (unpaired) electrons. The molecule has 0 amide bonds. The van der Waals surface area contributed by atoms with E-state index in [0.29, 0.717) is 0 Å². The molecule has 68 heavy (non-hydrogen) atoms. The smallest absolute Gasteiger partial charge is 0.143 e. The second kappa shape index (κ2) is 15.3. The molecule has 3 heterocycles. The SMILES string of the molecule is Cc1ccccc1-c1ccc2[nH]c3c(-c4cc(N(c5ccc(C(C)(C)C)cc5)c5csc6cc7c(cc56)C(C)(C)CCC7(C)C)cc5c4oc4ccccc45)cc(-c4ccccc4C)cc3c2c1. The van der Waals surface area contributed by atoms with E-state index in [1.54, 1.807) is 0 Å². The molecule has 8 aromatic carbocycles. The van der Waals surface area contributed by atoms with Crippen molar-refractivity contribution in [2.45, 2.75) is 91.4 Å². The molecule has 1 aliphatic rings. The Hall–Kier alpha value is -6.88. The number of H-pyrrole nitrogens is 1. The number of fused-ring (bicyclic) bond motifs is 8. The number of hydrogen-bond donors (Lipinski definition) is 1. The van der Waals surface area contributed by atoms with E-state index in [9.17, 15) is 0 Å². The minimum absolute atomic E-state index is 0.0193. The lowest BCUT2D eigenvalue weighted by molar-refractivity contribution is 0.332. The summed E-state index contributed by atoms with van der Waals surface area (Å²) in [6, 6.07) is 56.8. The first-order chi connectivity index (χ1) is 32.6. The number of para-hydroxylation sites is 1. The van der Waals surface area contributed by atoms with Gasteiger partial charge < -0.3 is 14.3 Å². The molecule has 0 aliphatic heterocycles. The average Bonchev–Trinajstić information content (AvgIpc) is 4.03. The van der Waals surface area contributed by atoms with Gasteiger partial charge in [-0.15, -0.1) is 11.3 Å². The van der Waals surface area contributed by atoms with Gasteiger partial charge in [0, 0.05) is 65.0 Å². The molecule has 336 valence electrons. The minimum atomic E-state index is 0.0193. The molecular formula is C64H58N2OS. The maximum Gasteiger partial charge on any atom is 0.143 e. The molecule has 0 spiro atoms. The van der Waals surface area contributed by atoms with Gasteiger partial charge >= 0.3 is 0 Å². The van der Waals surface area contributed by atoms with Gasteiger partial charge in [-0.25, -0.2) is 0 Å². The van der Waals surface area contributed by atoms with Gasteiger partial charge in [-0.05, 0) is 160 Å². The topological polar surface area (TPSA) is 32.2 Å². The van der Waals surface area contributed by atoms with E-state index in [2.05, 4.69) is 229 Å². The Morgan fingerprint density at radius 2 is 1.19 bits per heavy atom. The molecule has 0 atom stereocenters. The second-order valence-corrected chi connectivity index (χ2v) is 22.8. The van der Waals surface area contributed by atoms with Crippen LogP contribution in [0.25, 0.3) is 87.2 Å². The van der Waals surface area contributed by atoms with Crippen LogP contribution in [0.5, 0.6) is 0 Å². The first kappa shape index (κ1) is 42.5. The van der Waals surface area contributed by atoms with Crippen molar-refractivity contribution in [2.24, 2.45) is 0 Å². The third-order valence-electron chi connectivity index (χ3n) is 15.4. The standard InChI is InChI=1S/C64H58N2OS/c1-38-16-10-12-18-45(38)40-22-27-56-48(30-40)49-31-41(46-19-13-11-17-39(46)2)32-50(60(49)65-56)52-34-44(33-51-47-20-14-15-21-58(47)67-61(51)52)66(43-25-23-42(24-26-43)62(3,4)5)57-37-68-59-36-55-54(35-53(57)59)63(6,7)28-29-64(55,8)9/h10-27,30-37,65H,28-29H2,1-9H3. The fourth-order valence-corrected chi connectivity index (χ4v) is 12.2. The van der Waals surface area contributed by atoms with Crippen molar-refractivity contribution in [3.63, 3.8) is 0 Å². The van der Waals surface area contributed by atoms with Gasteiger partial charge in [-0.1, -0.05) is 133 Å². The van der Waals surface area contributed by atoms with Crippen LogP contribution in [0.2, 0.25) is 0 Å². The monoisotopic (exact) mass is 902 g/mol. The Morgan fingerprint density at radius 1 is 0.544 bits per heavy atom. The van der Waals surface area contributed by atoms with Gasteiger partial charge in [-0.3, -0.25) is 0 Å². The number of thiophene rings is 1. The Labute approximate surface area is 404 Å². The van der Waals surface area contributed by atoms with Crippen molar-refractivity contribution < 1.29 is 4.42 Å². The maximum absolute atomic E-state index is 7.05. The predicted molar refractivity (Wildman–Crippen MR) is 293 cm³/mol. The summed E-state index contributed by atoms with van der Waals surface area (Å²) in [6.07, 6.45) is 2.35. The molecule has 12 rings (SSSR count). The second-order valence-electron chi connectivity index (χ2n) is 21.8. The normalized spacial score (nSPS) is 14.7. The first-order valence-corrected chi connectivity index (χ1v) is 25.1. The number of nitrogens with one attached hydrogen (secondary N) is 1. The molecule has 3 nitrogen and oxygen atoms in total. The fraction of sp³-hybridized carbons (Fsp3) is 0.219. The van der Waals surface area contributed by atoms with Crippen LogP contribution in [0.3, 0.4) is 0 Å². The quantitative estimate of drug-likeness (QED) is 0.180. The molecule has 4 heteroatoms. The van der Waals surface area contributed by atoms with E-state index in [1.807, 2.05) is 11.3 Å². The van der Waals surface area contributed by atoms with Gasteiger partial charge in [0.15, 0.2) is 0 Å². The number of rotatable bonds is 6. The van der Waals surface area contributed by atoms with Crippen molar-refractivity contribution in [1.82, 2.24) is 4.98 Å². The molecule has 0 saturated carbocycles. The van der Waals surface area contributed by atoms with Crippen LogP contribution in [-0.4, -0.2) is 4.98 Å². The summed E-state index contributed by atoms with van der Waals surface area (Å²) >= 11 is 1.86. The van der Waals surface area contributed by atoms with Gasteiger partial charge in [0.1, 0.15) is 11.2 Å². The Kier molecular flexibility index (Phi) is 9.57. The Morgan fingerprint density at radius 3 is 1.90 bits per heavy atom. The largest absolute Gasteiger partial charge is 0.455 e. The number of hydrogen-bond acceptors (Lipinski definition) is 3. The van der Waals surface area contributed by atoms with Crippen molar-refractivity contribution in [3.8, 4) is 33.4 Å². The summed E-state index contributed by atoms with van der Waals surface area (Å²) in [6.45, 7) is 21.0. The highest BCUT2D eigenvalue weighted by Crippen LogP contribution is 2.52. The van der Waals surface area contributed by atoms with Crippen LogP contribution < -0.4 is 4.90 Å². The van der Waals surface area contributed by atoms with Crippen molar-refractivity contribution >= 4 is 82.2 Å². The van der Waals surface area contributed by atoms with Crippen LogP contribution in [0.15, 0.2) is 161 Å². The molecule has 1 aliphatic carbocycles. The predicted octanol–water partition coefficient (Wildman–Crippen LogP) is 19.2. The molecule has 0 saturated heterocycles. The number of furan rings is 1. The number of nitrogens with zero attached hydrogens (tertiary/aromatic N) is 1. The van der Waals surface area contributed by atoms with Crippen LogP contribution >= 0.6 is 11.3 Å².